The number of fused-ring (bicyclic) bond motifs is 1. The summed E-state index contributed by atoms with van der Waals surface area (Å²) in [5.74, 6) is 0.613. The number of benzene rings is 2. The summed E-state index contributed by atoms with van der Waals surface area (Å²) >= 11 is 0. The van der Waals surface area contributed by atoms with Gasteiger partial charge < -0.3 is 14.5 Å². The van der Waals surface area contributed by atoms with E-state index in [9.17, 15) is 4.79 Å². The summed E-state index contributed by atoms with van der Waals surface area (Å²) in [5.41, 5.74) is 5.73. The van der Waals surface area contributed by atoms with E-state index in [2.05, 4.69) is 17.4 Å². The zero-order chi connectivity index (χ0) is 20.9. The number of nitrogens with zero attached hydrogens (tertiary/aromatic N) is 2. The maximum absolute atomic E-state index is 12.5. The summed E-state index contributed by atoms with van der Waals surface area (Å²) < 4.78 is 7.46. The summed E-state index contributed by atoms with van der Waals surface area (Å²) in [6, 6.07) is 20.0. The molecular formula is C25H25N3O2. The molecule has 30 heavy (non-hydrogen) atoms. The fourth-order valence-corrected chi connectivity index (χ4v) is 3.57. The van der Waals surface area contributed by atoms with Crippen LogP contribution in [0, 0.1) is 6.92 Å². The van der Waals surface area contributed by atoms with E-state index < -0.39 is 0 Å². The number of imidazole rings is 1. The third-order valence-electron chi connectivity index (χ3n) is 5.16. The van der Waals surface area contributed by atoms with E-state index in [1.807, 2.05) is 72.2 Å². The van der Waals surface area contributed by atoms with Crippen molar-refractivity contribution in [2.24, 2.45) is 0 Å². The molecule has 2 heterocycles. The fraction of sp³-hybridized carbons (Fsp3) is 0.200. The van der Waals surface area contributed by atoms with Gasteiger partial charge >= 0.3 is 0 Å². The molecule has 1 N–H and O–H groups in total. The molecular weight excluding hydrogens is 374 g/mol. The Morgan fingerprint density at radius 2 is 1.93 bits per heavy atom. The number of nitrogens with one attached hydrogen (secondary N) is 1. The van der Waals surface area contributed by atoms with Crippen LogP contribution in [0.3, 0.4) is 0 Å². The Balaban J connectivity index is 1.49. The molecule has 0 saturated carbocycles. The lowest BCUT2D eigenvalue weighted by Gasteiger charge is -2.11. The van der Waals surface area contributed by atoms with Crippen molar-refractivity contribution in [2.75, 3.05) is 12.4 Å². The number of ether oxygens (including phenoxy) is 1. The summed E-state index contributed by atoms with van der Waals surface area (Å²) in [7, 11) is 1.61. The largest absolute Gasteiger partial charge is 0.495 e. The predicted octanol–water partition coefficient (Wildman–Crippen LogP) is 5.28. The van der Waals surface area contributed by atoms with Crippen molar-refractivity contribution < 1.29 is 9.53 Å². The van der Waals surface area contributed by atoms with Crippen molar-refractivity contribution in [1.29, 1.82) is 0 Å². The number of aryl methyl sites for hydroxylation is 2. The second-order valence-electron chi connectivity index (χ2n) is 7.35. The number of carbonyl (C=O) groups excluding carboxylic acids is 1. The van der Waals surface area contributed by atoms with Crippen LogP contribution in [0.2, 0.25) is 0 Å². The van der Waals surface area contributed by atoms with Crippen molar-refractivity contribution >= 4 is 17.2 Å². The minimum absolute atomic E-state index is 0.0211. The molecule has 0 spiro atoms. The highest BCUT2D eigenvalue weighted by Crippen LogP contribution is 2.31. The van der Waals surface area contributed by atoms with Gasteiger partial charge in [0.05, 0.1) is 18.5 Å². The molecule has 4 aromatic rings. The number of carbonyl (C=O) groups is 1. The first-order valence-electron chi connectivity index (χ1n) is 10.1. The molecule has 0 unspecified atom stereocenters. The van der Waals surface area contributed by atoms with Crippen molar-refractivity contribution in [3.63, 3.8) is 0 Å². The van der Waals surface area contributed by atoms with Gasteiger partial charge in [-0.3, -0.25) is 4.79 Å². The molecule has 5 heteroatoms. The second kappa shape index (κ2) is 8.82. The van der Waals surface area contributed by atoms with Gasteiger partial charge in [0.15, 0.2) is 0 Å². The normalized spacial score (nSPS) is 10.9. The molecule has 2 aromatic carbocycles. The average molecular weight is 399 g/mol. The monoisotopic (exact) mass is 399 g/mol. The van der Waals surface area contributed by atoms with E-state index in [0.29, 0.717) is 17.9 Å². The second-order valence-corrected chi connectivity index (χ2v) is 7.35. The zero-order valence-electron chi connectivity index (χ0n) is 17.3. The quantitative estimate of drug-likeness (QED) is 0.460. The highest BCUT2D eigenvalue weighted by molar-refractivity contribution is 5.93. The van der Waals surface area contributed by atoms with Crippen LogP contribution in [0.5, 0.6) is 5.75 Å². The molecule has 0 aliphatic rings. The van der Waals surface area contributed by atoms with Crippen molar-refractivity contribution in [3.8, 4) is 17.0 Å². The van der Waals surface area contributed by atoms with Gasteiger partial charge in [-0.2, -0.15) is 0 Å². The van der Waals surface area contributed by atoms with Gasteiger partial charge in [-0.05, 0) is 55.2 Å². The van der Waals surface area contributed by atoms with E-state index >= 15 is 0 Å². The summed E-state index contributed by atoms with van der Waals surface area (Å²) in [5, 5.41) is 3.00. The molecule has 0 saturated heterocycles. The van der Waals surface area contributed by atoms with Crippen LogP contribution in [-0.2, 0) is 11.2 Å². The lowest BCUT2D eigenvalue weighted by atomic mass is 10.1. The maximum atomic E-state index is 12.5. The first-order chi connectivity index (χ1) is 14.6. The van der Waals surface area contributed by atoms with Crippen LogP contribution in [0.4, 0.5) is 5.69 Å². The summed E-state index contributed by atoms with van der Waals surface area (Å²) in [6.45, 7) is 2.04. The van der Waals surface area contributed by atoms with Crippen molar-refractivity contribution in [3.05, 3.63) is 84.2 Å². The number of amides is 1. The Morgan fingerprint density at radius 1 is 1.10 bits per heavy atom. The molecule has 0 bridgehead atoms. The first-order valence-corrected chi connectivity index (χ1v) is 10.1. The molecule has 152 valence electrons. The van der Waals surface area contributed by atoms with Crippen LogP contribution < -0.4 is 10.1 Å². The maximum Gasteiger partial charge on any atom is 0.224 e. The minimum atomic E-state index is -0.0211. The fourth-order valence-electron chi connectivity index (χ4n) is 3.57. The number of pyridine rings is 1. The Bertz CT molecular complexity index is 1170. The zero-order valence-corrected chi connectivity index (χ0v) is 17.3. The van der Waals surface area contributed by atoms with Crippen LogP contribution in [0.25, 0.3) is 16.9 Å². The lowest BCUT2D eigenvalue weighted by molar-refractivity contribution is -0.116. The Morgan fingerprint density at radius 3 is 2.70 bits per heavy atom. The van der Waals surface area contributed by atoms with Gasteiger partial charge in [0.2, 0.25) is 5.91 Å². The van der Waals surface area contributed by atoms with Gasteiger partial charge in [0.1, 0.15) is 11.4 Å². The number of aromatic nitrogens is 2. The molecule has 0 aliphatic heterocycles. The highest BCUT2D eigenvalue weighted by atomic mass is 16.5. The Labute approximate surface area is 176 Å². The van der Waals surface area contributed by atoms with E-state index in [1.165, 1.54) is 5.56 Å². The SMILES string of the molecule is COc1ccc(-c2cn3cccc(C)c3n2)cc1NC(=O)CCCc1ccccc1. The van der Waals surface area contributed by atoms with Crippen molar-refractivity contribution in [2.45, 2.75) is 26.2 Å². The first kappa shape index (κ1) is 19.7. The van der Waals surface area contributed by atoms with E-state index in [4.69, 9.17) is 9.72 Å². The standard InChI is InChI=1S/C25H25N3O2/c1-18-8-7-15-28-17-22(27-25(18)28)20-13-14-23(30-2)21(16-20)26-24(29)12-6-11-19-9-4-3-5-10-19/h3-5,7-10,13-17H,6,11-12H2,1-2H3,(H,26,29). The van der Waals surface area contributed by atoms with Crippen LogP contribution >= 0.6 is 0 Å². The third-order valence-corrected chi connectivity index (χ3v) is 5.16. The predicted molar refractivity (Wildman–Crippen MR) is 120 cm³/mol. The number of rotatable bonds is 7. The van der Waals surface area contributed by atoms with Gasteiger partial charge in [0, 0.05) is 24.4 Å². The third kappa shape index (κ3) is 4.35. The molecule has 2 aromatic heterocycles. The van der Waals surface area contributed by atoms with Gasteiger partial charge in [-0.25, -0.2) is 4.98 Å². The Kier molecular flexibility index (Phi) is 5.80. The van der Waals surface area contributed by atoms with E-state index in [0.717, 1.165) is 35.3 Å². The number of hydrogen-bond acceptors (Lipinski definition) is 3. The average Bonchev–Trinajstić information content (AvgIpc) is 3.20. The lowest BCUT2D eigenvalue weighted by Crippen LogP contribution is -2.12. The molecule has 0 atom stereocenters. The molecule has 4 rings (SSSR count). The number of methoxy groups -OCH3 is 1. The van der Waals surface area contributed by atoms with Crippen molar-refractivity contribution in [1.82, 2.24) is 9.38 Å². The summed E-state index contributed by atoms with van der Waals surface area (Å²) in [4.78, 5) is 17.3. The topological polar surface area (TPSA) is 55.6 Å². The summed E-state index contributed by atoms with van der Waals surface area (Å²) in [6.07, 6.45) is 6.11. The van der Waals surface area contributed by atoms with Crippen LogP contribution in [0.15, 0.2) is 73.1 Å². The molecule has 5 nitrogen and oxygen atoms in total. The molecule has 0 aliphatic carbocycles. The van der Waals surface area contributed by atoms with Gasteiger partial charge in [0.25, 0.3) is 0 Å². The number of hydrogen-bond donors (Lipinski definition) is 1. The number of anilines is 1. The van der Waals surface area contributed by atoms with Gasteiger partial charge in [-0.15, -0.1) is 0 Å². The molecule has 0 radical (unpaired) electrons. The van der Waals surface area contributed by atoms with Gasteiger partial charge in [-0.1, -0.05) is 36.4 Å². The minimum Gasteiger partial charge on any atom is -0.495 e. The molecule has 0 fully saturated rings. The van der Waals surface area contributed by atoms with Crippen LogP contribution in [-0.4, -0.2) is 22.4 Å². The Hall–Kier alpha value is -3.60. The molecule has 1 amide bonds. The highest BCUT2D eigenvalue weighted by Gasteiger charge is 2.12. The smallest absolute Gasteiger partial charge is 0.224 e. The van der Waals surface area contributed by atoms with Crippen LogP contribution in [0.1, 0.15) is 24.0 Å². The van der Waals surface area contributed by atoms with E-state index in [1.54, 1.807) is 7.11 Å². The van der Waals surface area contributed by atoms with E-state index in [-0.39, 0.29) is 5.91 Å².